The normalized spacial score (nSPS) is 9.85. The highest BCUT2D eigenvalue weighted by atomic mass is 32.1. The standard InChI is InChI=1S/C10H8O2S2.C5H5N/c11-10(12)9(7-3-1-5-13-7)8-4-2-6-14-8;1-2-4-6-5-3-1/h1-6,9H,(H,11,12);1-5H. The molecule has 1 N–H and O–H groups in total. The van der Waals surface area contributed by atoms with Gasteiger partial charge in [-0.25, -0.2) is 0 Å². The Morgan fingerprint density at radius 1 is 0.950 bits per heavy atom. The fourth-order valence-electron chi connectivity index (χ4n) is 1.61. The summed E-state index contributed by atoms with van der Waals surface area (Å²) in [4.78, 5) is 16.7. The molecule has 0 unspecified atom stereocenters. The third-order valence-corrected chi connectivity index (χ3v) is 4.34. The first-order valence-corrected chi connectivity index (χ1v) is 7.69. The van der Waals surface area contributed by atoms with Crippen LogP contribution in [0.2, 0.25) is 0 Å². The van der Waals surface area contributed by atoms with Gasteiger partial charge in [0.15, 0.2) is 0 Å². The van der Waals surface area contributed by atoms with Crippen LogP contribution in [0.4, 0.5) is 0 Å². The summed E-state index contributed by atoms with van der Waals surface area (Å²) < 4.78 is 0. The molecule has 0 radical (unpaired) electrons. The average molecular weight is 303 g/mol. The van der Waals surface area contributed by atoms with Crippen molar-refractivity contribution in [1.29, 1.82) is 0 Å². The molecule has 3 aromatic heterocycles. The Kier molecular flexibility index (Phi) is 5.46. The number of thiophene rings is 2. The number of carbonyl (C=O) groups is 1. The average Bonchev–Trinajstić information content (AvgIpc) is 3.15. The summed E-state index contributed by atoms with van der Waals surface area (Å²) in [7, 11) is 0. The smallest absolute Gasteiger partial charge is 0.317 e. The summed E-state index contributed by atoms with van der Waals surface area (Å²) in [5.74, 6) is -1.27. The van der Waals surface area contributed by atoms with Crippen LogP contribution in [0.3, 0.4) is 0 Å². The first-order chi connectivity index (χ1) is 9.79. The van der Waals surface area contributed by atoms with Crippen molar-refractivity contribution in [1.82, 2.24) is 4.98 Å². The van der Waals surface area contributed by atoms with Gasteiger partial charge in [0.2, 0.25) is 0 Å². The highest BCUT2D eigenvalue weighted by Gasteiger charge is 2.23. The van der Waals surface area contributed by atoms with E-state index in [0.717, 1.165) is 9.75 Å². The molecule has 0 bridgehead atoms. The molecule has 0 atom stereocenters. The van der Waals surface area contributed by atoms with Crippen LogP contribution in [-0.2, 0) is 4.79 Å². The van der Waals surface area contributed by atoms with Crippen LogP contribution < -0.4 is 0 Å². The number of aromatic nitrogens is 1. The molecule has 0 spiro atoms. The minimum Gasteiger partial charge on any atom is -0.480 e. The predicted octanol–water partition coefficient (Wildman–Crippen LogP) is 4.11. The third kappa shape index (κ3) is 4.01. The topological polar surface area (TPSA) is 50.2 Å². The van der Waals surface area contributed by atoms with E-state index in [4.69, 9.17) is 5.11 Å². The number of aliphatic carboxylic acids is 1. The maximum atomic E-state index is 11.1. The molecule has 0 saturated carbocycles. The lowest BCUT2D eigenvalue weighted by Gasteiger charge is -2.06. The first-order valence-electron chi connectivity index (χ1n) is 5.93. The lowest BCUT2D eigenvalue weighted by atomic mass is 10.1. The number of nitrogens with zero attached hydrogens (tertiary/aromatic N) is 1. The molecule has 0 saturated heterocycles. The molecule has 0 amide bonds. The monoisotopic (exact) mass is 303 g/mol. The number of carboxylic acids is 1. The van der Waals surface area contributed by atoms with Gasteiger partial charge in [-0.15, -0.1) is 22.7 Å². The van der Waals surface area contributed by atoms with Crippen LogP contribution in [0, 0.1) is 0 Å². The Labute approximate surface area is 125 Å². The quantitative estimate of drug-likeness (QED) is 0.792. The molecule has 5 heteroatoms. The highest BCUT2D eigenvalue weighted by molar-refractivity contribution is 7.11. The number of pyridine rings is 1. The van der Waals surface area contributed by atoms with E-state index >= 15 is 0 Å². The largest absolute Gasteiger partial charge is 0.480 e. The molecular weight excluding hydrogens is 290 g/mol. The fraction of sp³-hybridized carbons (Fsp3) is 0.0667. The van der Waals surface area contributed by atoms with E-state index in [9.17, 15) is 4.79 Å². The van der Waals surface area contributed by atoms with Crippen molar-refractivity contribution < 1.29 is 9.90 Å². The van der Waals surface area contributed by atoms with E-state index in [0.29, 0.717) is 0 Å². The van der Waals surface area contributed by atoms with Crippen molar-refractivity contribution in [2.75, 3.05) is 0 Å². The number of hydrogen-bond acceptors (Lipinski definition) is 4. The van der Waals surface area contributed by atoms with E-state index in [1.807, 2.05) is 53.2 Å². The van der Waals surface area contributed by atoms with E-state index in [1.165, 1.54) is 22.7 Å². The minimum atomic E-state index is -0.782. The SMILES string of the molecule is O=C(O)C(c1cccs1)c1cccs1.c1ccncc1. The summed E-state index contributed by atoms with van der Waals surface area (Å²) in [6, 6.07) is 13.2. The van der Waals surface area contributed by atoms with Crippen molar-refractivity contribution in [2.45, 2.75) is 5.92 Å². The summed E-state index contributed by atoms with van der Waals surface area (Å²) in [6.45, 7) is 0. The zero-order valence-corrected chi connectivity index (χ0v) is 12.2. The zero-order chi connectivity index (χ0) is 14.2. The summed E-state index contributed by atoms with van der Waals surface area (Å²) in [6.07, 6.45) is 3.50. The number of rotatable bonds is 3. The van der Waals surface area contributed by atoms with Gasteiger partial charge in [-0.1, -0.05) is 18.2 Å². The van der Waals surface area contributed by atoms with Gasteiger partial charge < -0.3 is 5.11 Å². The van der Waals surface area contributed by atoms with Gasteiger partial charge in [0.1, 0.15) is 5.92 Å². The van der Waals surface area contributed by atoms with E-state index in [1.54, 1.807) is 12.4 Å². The van der Waals surface area contributed by atoms with Gasteiger partial charge in [0.05, 0.1) is 0 Å². The second kappa shape index (κ2) is 7.57. The van der Waals surface area contributed by atoms with Crippen molar-refractivity contribution >= 4 is 28.6 Å². The molecule has 3 aromatic rings. The Hall–Kier alpha value is -1.98. The van der Waals surface area contributed by atoms with Gasteiger partial charge >= 0.3 is 5.97 Å². The van der Waals surface area contributed by atoms with Crippen LogP contribution in [0.25, 0.3) is 0 Å². The number of carboxylic acid groups (broad SMARTS) is 1. The molecule has 3 heterocycles. The van der Waals surface area contributed by atoms with Gasteiger partial charge in [0, 0.05) is 22.1 Å². The van der Waals surface area contributed by atoms with Crippen LogP contribution in [0.5, 0.6) is 0 Å². The van der Waals surface area contributed by atoms with Crippen molar-refractivity contribution in [3.05, 3.63) is 75.4 Å². The molecular formula is C15H13NO2S2. The Morgan fingerprint density at radius 2 is 1.50 bits per heavy atom. The molecule has 0 aliphatic rings. The lowest BCUT2D eigenvalue weighted by Crippen LogP contribution is -2.09. The molecule has 0 aromatic carbocycles. The Morgan fingerprint density at radius 3 is 1.75 bits per heavy atom. The predicted molar refractivity (Wildman–Crippen MR) is 82.4 cm³/mol. The molecule has 0 fully saturated rings. The summed E-state index contributed by atoms with van der Waals surface area (Å²) in [5, 5.41) is 12.9. The van der Waals surface area contributed by atoms with E-state index in [2.05, 4.69) is 4.98 Å². The van der Waals surface area contributed by atoms with E-state index in [-0.39, 0.29) is 0 Å². The third-order valence-electron chi connectivity index (χ3n) is 2.47. The summed E-state index contributed by atoms with van der Waals surface area (Å²) >= 11 is 2.97. The molecule has 3 nitrogen and oxygen atoms in total. The van der Waals surface area contributed by atoms with Gasteiger partial charge in [-0.3, -0.25) is 9.78 Å². The molecule has 0 aliphatic carbocycles. The van der Waals surface area contributed by atoms with Crippen LogP contribution in [0.15, 0.2) is 65.6 Å². The first kappa shape index (κ1) is 14.4. The molecule has 20 heavy (non-hydrogen) atoms. The van der Waals surface area contributed by atoms with Crippen LogP contribution >= 0.6 is 22.7 Å². The maximum absolute atomic E-state index is 11.1. The Bertz CT molecular complexity index is 546. The van der Waals surface area contributed by atoms with Gasteiger partial charge in [0.25, 0.3) is 0 Å². The zero-order valence-electron chi connectivity index (χ0n) is 10.5. The van der Waals surface area contributed by atoms with Crippen LogP contribution in [-0.4, -0.2) is 16.1 Å². The lowest BCUT2D eigenvalue weighted by molar-refractivity contribution is -0.137. The van der Waals surface area contributed by atoms with Crippen LogP contribution in [0.1, 0.15) is 15.7 Å². The van der Waals surface area contributed by atoms with Gasteiger partial charge in [-0.2, -0.15) is 0 Å². The second-order valence-corrected chi connectivity index (χ2v) is 5.79. The minimum absolute atomic E-state index is 0.491. The second-order valence-electron chi connectivity index (χ2n) is 3.83. The molecule has 0 aliphatic heterocycles. The van der Waals surface area contributed by atoms with Crippen molar-refractivity contribution in [2.24, 2.45) is 0 Å². The van der Waals surface area contributed by atoms with Crippen molar-refractivity contribution in [3.8, 4) is 0 Å². The number of hydrogen-bond donors (Lipinski definition) is 1. The van der Waals surface area contributed by atoms with Crippen molar-refractivity contribution in [3.63, 3.8) is 0 Å². The van der Waals surface area contributed by atoms with E-state index < -0.39 is 11.9 Å². The summed E-state index contributed by atoms with van der Waals surface area (Å²) in [5.41, 5.74) is 0. The molecule has 102 valence electrons. The molecule has 3 rings (SSSR count). The van der Waals surface area contributed by atoms with Gasteiger partial charge in [-0.05, 0) is 35.0 Å². The Balaban J connectivity index is 0.000000205. The maximum Gasteiger partial charge on any atom is 0.317 e. The highest BCUT2D eigenvalue weighted by Crippen LogP contribution is 2.31. The fourth-order valence-corrected chi connectivity index (χ4v) is 3.35.